The minimum atomic E-state index is -0.154. The van der Waals surface area contributed by atoms with E-state index in [0.29, 0.717) is 0 Å². The first kappa shape index (κ1) is 31.1. The average Bonchev–Trinajstić information content (AvgIpc) is 3.12. The smallest absolute Gasteiger partial charge is 0.248 e. The first-order valence-corrected chi connectivity index (χ1v) is 18.0. The van der Waals surface area contributed by atoms with E-state index >= 15 is 0 Å². The molecule has 0 saturated carbocycles. The Morgan fingerprint density at radius 1 is 0.571 bits per heavy atom. The van der Waals surface area contributed by atoms with Crippen molar-refractivity contribution in [2.24, 2.45) is 0 Å². The predicted octanol–water partition coefficient (Wildman–Crippen LogP) is 12.5. The first-order valence-electron chi connectivity index (χ1n) is 16.4. The van der Waals surface area contributed by atoms with Crippen molar-refractivity contribution >= 4 is 75.3 Å². The highest BCUT2D eigenvalue weighted by molar-refractivity contribution is 8.00. The maximum atomic E-state index is 12.8. The topological polar surface area (TPSA) is 35.6 Å². The molecule has 1 N–H and O–H groups in total. The summed E-state index contributed by atoms with van der Waals surface area (Å²) in [5, 5.41) is 2.99. The Hall–Kier alpha value is -5.17. The molecular formula is C43H35N3OS2. The summed E-state index contributed by atoms with van der Waals surface area (Å²) in [5.41, 5.74) is 9.91. The number of anilines is 7. The van der Waals surface area contributed by atoms with E-state index in [1.54, 1.807) is 17.8 Å². The second-order valence-corrected chi connectivity index (χ2v) is 15.3. The molecule has 49 heavy (non-hydrogen) atoms. The van der Waals surface area contributed by atoms with Gasteiger partial charge in [-0.15, -0.1) is 0 Å². The summed E-state index contributed by atoms with van der Waals surface area (Å²) in [6.45, 7) is 6.55. The number of hydrogen-bond acceptors (Lipinski definition) is 5. The minimum Gasteiger partial charge on any atom is -0.323 e. The van der Waals surface area contributed by atoms with Crippen LogP contribution in [0.3, 0.4) is 0 Å². The van der Waals surface area contributed by atoms with Crippen LogP contribution in [0.2, 0.25) is 0 Å². The lowest BCUT2D eigenvalue weighted by molar-refractivity contribution is -0.111. The second-order valence-electron chi connectivity index (χ2n) is 13.2. The van der Waals surface area contributed by atoms with Crippen LogP contribution in [0, 0.1) is 0 Å². The summed E-state index contributed by atoms with van der Waals surface area (Å²) in [6.07, 6.45) is 3.48. The monoisotopic (exact) mass is 673 g/mol. The number of para-hydroxylation sites is 3. The van der Waals surface area contributed by atoms with E-state index in [1.807, 2.05) is 30.0 Å². The van der Waals surface area contributed by atoms with Crippen LogP contribution in [-0.4, -0.2) is 5.91 Å². The third-order valence-electron chi connectivity index (χ3n) is 8.79. The fourth-order valence-corrected chi connectivity index (χ4v) is 8.46. The van der Waals surface area contributed by atoms with Gasteiger partial charge in [0.1, 0.15) is 0 Å². The Balaban J connectivity index is 1.07. The Labute approximate surface area is 296 Å². The molecule has 0 spiro atoms. The van der Waals surface area contributed by atoms with Crippen molar-refractivity contribution in [2.45, 2.75) is 45.8 Å². The van der Waals surface area contributed by atoms with Crippen molar-refractivity contribution < 1.29 is 4.79 Å². The van der Waals surface area contributed by atoms with E-state index < -0.39 is 0 Å². The zero-order chi connectivity index (χ0) is 33.5. The zero-order valence-electron chi connectivity index (χ0n) is 27.6. The molecule has 6 aromatic rings. The molecule has 0 fully saturated rings. The SMILES string of the molecule is CC(C)(C)c1ccc(NC(=O)/C=C/c2ccc3c(c2)Sc2ccccc2N3c2ccc(N3c4ccccc4Sc4ccccc43)cc2)cc1. The highest BCUT2D eigenvalue weighted by atomic mass is 32.2. The predicted molar refractivity (Wildman–Crippen MR) is 207 cm³/mol. The molecule has 8 rings (SSSR count). The molecule has 4 nitrogen and oxygen atoms in total. The summed E-state index contributed by atoms with van der Waals surface area (Å²) in [7, 11) is 0. The van der Waals surface area contributed by atoms with Crippen LogP contribution < -0.4 is 15.1 Å². The molecule has 6 heteroatoms. The van der Waals surface area contributed by atoms with E-state index in [-0.39, 0.29) is 11.3 Å². The highest BCUT2D eigenvalue weighted by Gasteiger charge is 2.27. The van der Waals surface area contributed by atoms with Gasteiger partial charge in [0.15, 0.2) is 0 Å². The van der Waals surface area contributed by atoms with Crippen molar-refractivity contribution in [1.29, 1.82) is 0 Å². The Morgan fingerprint density at radius 2 is 1.04 bits per heavy atom. The molecule has 2 aliphatic rings. The van der Waals surface area contributed by atoms with Crippen LogP contribution in [-0.2, 0) is 10.2 Å². The molecule has 0 radical (unpaired) electrons. The van der Waals surface area contributed by atoms with Gasteiger partial charge >= 0.3 is 0 Å². The van der Waals surface area contributed by atoms with Crippen molar-refractivity contribution in [3.05, 3.63) is 157 Å². The molecule has 2 heterocycles. The minimum absolute atomic E-state index is 0.0681. The molecule has 0 atom stereocenters. The number of benzene rings is 6. The third kappa shape index (κ3) is 6.14. The fourth-order valence-electron chi connectivity index (χ4n) is 6.30. The van der Waals surface area contributed by atoms with Crippen LogP contribution in [0.1, 0.15) is 31.9 Å². The standard InChI is InChI=1S/C43H35N3OS2/c1-43(2,3)30-18-20-31(21-19-30)44-42(47)27-17-29-16-26-37-41(28-29)49-40-15-9-6-12-36(40)46(37)33-24-22-32(23-25-33)45-34-10-4-7-13-38(34)48-39-14-8-5-11-35(39)45/h4-28H,1-3H3,(H,44,47)/b27-17+. The summed E-state index contributed by atoms with van der Waals surface area (Å²) < 4.78 is 0. The molecule has 6 aromatic carbocycles. The van der Waals surface area contributed by atoms with Crippen LogP contribution >= 0.6 is 23.5 Å². The van der Waals surface area contributed by atoms with Crippen molar-refractivity contribution in [2.75, 3.05) is 15.1 Å². The van der Waals surface area contributed by atoms with Crippen LogP contribution in [0.5, 0.6) is 0 Å². The molecule has 0 bridgehead atoms. The third-order valence-corrected chi connectivity index (χ3v) is 11.0. The molecule has 240 valence electrons. The van der Waals surface area contributed by atoms with Crippen molar-refractivity contribution in [1.82, 2.24) is 0 Å². The normalized spacial score (nSPS) is 13.4. The van der Waals surface area contributed by atoms with Gasteiger partial charge in [-0.1, -0.05) is 98.9 Å². The highest BCUT2D eigenvalue weighted by Crippen LogP contribution is 2.53. The molecule has 2 aliphatic heterocycles. The number of rotatable bonds is 5. The van der Waals surface area contributed by atoms with E-state index in [2.05, 4.69) is 163 Å². The summed E-state index contributed by atoms with van der Waals surface area (Å²) in [5.74, 6) is -0.154. The van der Waals surface area contributed by atoms with Crippen LogP contribution in [0.25, 0.3) is 6.08 Å². The van der Waals surface area contributed by atoms with E-state index in [4.69, 9.17) is 0 Å². The van der Waals surface area contributed by atoms with E-state index in [9.17, 15) is 4.79 Å². The number of amides is 1. The second kappa shape index (κ2) is 12.7. The van der Waals surface area contributed by atoms with Crippen LogP contribution in [0.4, 0.5) is 39.8 Å². The van der Waals surface area contributed by atoms with Crippen LogP contribution in [0.15, 0.2) is 165 Å². The number of hydrogen-bond donors (Lipinski definition) is 1. The Bertz CT molecular complexity index is 2170. The Kier molecular flexibility index (Phi) is 8.06. The number of nitrogens with one attached hydrogen (secondary N) is 1. The quantitative estimate of drug-likeness (QED) is 0.184. The lowest BCUT2D eigenvalue weighted by Crippen LogP contribution is -2.16. The molecule has 0 saturated heterocycles. The summed E-state index contributed by atoms with van der Waals surface area (Å²) >= 11 is 3.58. The Morgan fingerprint density at radius 3 is 1.55 bits per heavy atom. The fraction of sp³-hybridized carbons (Fsp3) is 0.0930. The van der Waals surface area contributed by atoms with Gasteiger partial charge in [-0.05, 0) is 108 Å². The molecule has 0 aliphatic carbocycles. The van der Waals surface area contributed by atoms with Gasteiger partial charge in [-0.2, -0.15) is 0 Å². The van der Waals surface area contributed by atoms with Gasteiger partial charge in [0.25, 0.3) is 0 Å². The van der Waals surface area contributed by atoms with Gasteiger partial charge in [0.2, 0.25) is 5.91 Å². The van der Waals surface area contributed by atoms with Gasteiger partial charge in [-0.25, -0.2) is 0 Å². The van der Waals surface area contributed by atoms with Crippen molar-refractivity contribution in [3.8, 4) is 0 Å². The van der Waals surface area contributed by atoms with E-state index in [1.165, 1.54) is 31.6 Å². The average molecular weight is 674 g/mol. The van der Waals surface area contributed by atoms with Gasteiger partial charge in [0.05, 0.1) is 22.7 Å². The lowest BCUT2D eigenvalue weighted by atomic mass is 9.87. The molecule has 0 aromatic heterocycles. The molecule has 1 amide bonds. The van der Waals surface area contributed by atoms with Gasteiger partial charge in [0, 0.05) is 42.7 Å². The van der Waals surface area contributed by atoms with Crippen molar-refractivity contribution in [3.63, 3.8) is 0 Å². The maximum Gasteiger partial charge on any atom is 0.248 e. The summed E-state index contributed by atoms with van der Waals surface area (Å²) in [4.78, 5) is 22.3. The largest absolute Gasteiger partial charge is 0.323 e. The van der Waals surface area contributed by atoms with Gasteiger partial charge < -0.3 is 15.1 Å². The summed E-state index contributed by atoms with van der Waals surface area (Å²) in [6, 6.07) is 49.1. The zero-order valence-corrected chi connectivity index (χ0v) is 29.2. The number of fused-ring (bicyclic) bond motifs is 4. The molecular weight excluding hydrogens is 639 g/mol. The van der Waals surface area contributed by atoms with E-state index in [0.717, 1.165) is 38.9 Å². The first-order chi connectivity index (χ1) is 23.8. The van der Waals surface area contributed by atoms with Gasteiger partial charge in [-0.3, -0.25) is 4.79 Å². The molecule has 0 unspecified atom stereocenters. The number of carbonyl (C=O) groups is 1. The number of carbonyl (C=O) groups excluding carboxylic acids is 1. The maximum absolute atomic E-state index is 12.8. The number of nitrogens with zero attached hydrogens (tertiary/aromatic N) is 2. The lowest BCUT2D eigenvalue weighted by Gasteiger charge is -2.35.